The summed E-state index contributed by atoms with van der Waals surface area (Å²) in [6.07, 6.45) is 5.81. The van der Waals surface area contributed by atoms with Crippen LogP contribution < -0.4 is 5.73 Å². The van der Waals surface area contributed by atoms with Gasteiger partial charge in [0.1, 0.15) is 6.33 Å². The molecule has 0 spiro atoms. The van der Waals surface area contributed by atoms with Crippen molar-refractivity contribution in [3.8, 4) is 0 Å². The Bertz CT molecular complexity index is 251. The van der Waals surface area contributed by atoms with Crippen molar-refractivity contribution in [2.45, 2.75) is 32.4 Å². The molecule has 0 atom stereocenters. The van der Waals surface area contributed by atoms with Crippen molar-refractivity contribution in [2.75, 3.05) is 0 Å². The Morgan fingerprint density at radius 3 is 3.00 bits per heavy atom. The maximum atomic E-state index is 5.39. The molecular formula is C8H14N4. The zero-order valence-corrected chi connectivity index (χ0v) is 7.11. The molecule has 0 saturated heterocycles. The van der Waals surface area contributed by atoms with Gasteiger partial charge in [-0.15, -0.1) is 0 Å². The number of nitrogens with two attached hydrogens (primary N) is 1. The van der Waals surface area contributed by atoms with Gasteiger partial charge in [-0.05, 0) is 12.3 Å². The smallest absolute Gasteiger partial charge is 0.164 e. The lowest BCUT2D eigenvalue weighted by molar-refractivity contribution is 0.541. The third-order valence-electron chi connectivity index (χ3n) is 2.23. The minimum absolute atomic E-state index is 0.441. The Morgan fingerprint density at radius 1 is 1.58 bits per heavy atom. The molecular weight excluding hydrogens is 152 g/mol. The molecule has 0 unspecified atom stereocenters. The predicted octanol–water partition coefficient (Wildman–Crippen LogP) is 0.537. The fraction of sp³-hybridized carbons (Fsp3) is 0.750. The molecule has 0 amide bonds. The van der Waals surface area contributed by atoms with E-state index in [-0.39, 0.29) is 0 Å². The average Bonchev–Trinajstić information content (AvgIpc) is 2.81. The van der Waals surface area contributed by atoms with Gasteiger partial charge in [0, 0.05) is 6.54 Å². The minimum atomic E-state index is 0.441. The van der Waals surface area contributed by atoms with E-state index >= 15 is 0 Å². The fourth-order valence-corrected chi connectivity index (χ4v) is 1.26. The minimum Gasteiger partial charge on any atom is -0.324 e. The van der Waals surface area contributed by atoms with Crippen molar-refractivity contribution in [2.24, 2.45) is 11.7 Å². The van der Waals surface area contributed by atoms with Crippen molar-refractivity contribution in [3.05, 3.63) is 12.2 Å². The molecule has 0 radical (unpaired) electrons. The summed E-state index contributed by atoms with van der Waals surface area (Å²) in [6, 6.07) is 0. The lowest BCUT2D eigenvalue weighted by Crippen LogP contribution is -2.03. The van der Waals surface area contributed by atoms with Crippen LogP contribution in [0.1, 0.15) is 25.1 Å². The van der Waals surface area contributed by atoms with E-state index in [1.165, 1.54) is 19.3 Å². The van der Waals surface area contributed by atoms with Crippen LogP contribution in [0.25, 0.3) is 0 Å². The monoisotopic (exact) mass is 166 g/mol. The van der Waals surface area contributed by atoms with E-state index in [0.29, 0.717) is 6.54 Å². The molecule has 0 aliphatic heterocycles. The van der Waals surface area contributed by atoms with Crippen LogP contribution >= 0.6 is 0 Å². The topological polar surface area (TPSA) is 56.7 Å². The number of rotatable bonds is 4. The number of hydrogen-bond donors (Lipinski definition) is 1. The van der Waals surface area contributed by atoms with E-state index in [4.69, 9.17) is 5.73 Å². The van der Waals surface area contributed by atoms with Crippen molar-refractivity contribution in [1.82, 2.24) is 14.8 Å². The molecule has 2 N–H and O–H groups in total. The molecule has 2 rings (SSSR count). The summed E-state index contributed by atoms with van der Waals surface area (Å²) >= 11 is 0. The summed E-state index contributed by atoms with van der Waals surface area (Å²) in [5.41, 5.74) is 5.39. The van der Waals surface area contributed by atoms with E-state index in [1.54, 1.807) is 6.33 Å². The Morgan fingerprint density at radius 2 is 2.42 bits per heavy atom. The van der Waals surface area contributed by atoms with E-state index in [0.717, 1.165) is 18.3 Å². The van der Waals surface area contributed by atoms with E-state index in [2.05, 4.69) is 10.1 Å². The van der Waals surface area contributed by atoms with Gasteiger partial charge < -0.3 is 5.73 Å². The number of aromatic nitrogens is 3. The van der Waals surface area contributed by atoms with Crippen LogP contribution in [0.15, 0.2) is 6.33 Å². The quantitative estimate of drug-likeness (QED) is 0.710. The standard InChI is InChI=1S/C8H14N4/c9-5-8-10-6-12(11-8)4-3-7-1-2-7/h6-7H,1-5,9H2. The SMILES string of the molecule is NCc1ncn(CCC2CC2)n1. The fourth-order valence-electron chi connectivity index (χ4n) is 1.26. The average molecular weight is 166 g/mol. The Balaban J connectivity index is 1.84. The second kappa shape index (κ2) is 3.23. The van der Waals surface area contributed by atoms with Gasteiger partial charge in [-0.25, -0.2) is 4.98 Å². The summed E-state index contributed by atoms with van der Waals surface area (Å²) in [7, 11) is 0. The highest BCUT2D eigenvalue weighted by Gasteiger charge is 2.20. The molecule has 1 aromatic heterocycles. The number of nitrogens with zero attached hydrogens (tertiary/aromatic N) is 3. The van der Waals surface area contributed by atoms with Crippen LogP contribution in [0.3, 0.4) is 0 Å². The van der Waals surface area contributed by atoms with Gasteiger partial charge in [0.2, 0.25) is 0 Å². The van der Waals surface area contributed by atoms with Crippen LogP contribution in [-0.2, 0) is 13.1 Å². The second-order valence-electron chi connectivity index (χ2n) is 3.36. The first kappa shape index (κ1) is 7.73. The van der Waals surface area contributed by atoms with Gasteiger partial charge in [-0.2, -0.15) is 5.10 Å². The van der Waals surface area contributed by atoms with Crippen molar-refractivity contribution >= 4 is 0 Å². The van der Waals surface area contributed by atoms with Gasteiger partial charge >= 0.3 is 0 Å². The molecule has 0 aromatic carbocycles. The lowest BCUT2D eigenvalue weighted by Gasteiger charge is -1.96. The largest absolute Gasteiger partial charge is 0.324 e. The molecule has 1 heterocycles. The molecule has 12 heavy (non-hydrogen) atoms. The molecule has 66 valence electrons. The first-order chi connectivity index (χ1) is 5.88. The predicted molar refractivity (Wildman–Crippen MR) is 45.3 cm³/mol. The summed E-state index contributed by atoms with van der Waals surface area (Å²) in [4.78, 5) is 4.06. The maximum Gasteiger partial charge on any atom is 0.164 e. The van der Waals surface area contributed by atoms with Gasteiger partial charge in [-0.1, -0.05) is 12.8 Å². The summed E-state index contributed by atoms with van der Waals surface area (Å²) < 4.78 is 1.89. The normalized spacial score (nSPS) is 16.8. The molecule has 4 heteroatoms. The molecule has 1 aliphatic carbocycles. The highest BCUT2D eigenvalue weighted by molar-refractivity contribution is 4.80. The van der Waals surface area contributed by atoms with Gasteiger partial charge in [0.15, 0.2) is 5.82 Å². The van der Waals surface area contributed by atoms with Gasteiger partial charge in [-0.3, -0.25) is 4.68 Å². The van der Waals surface area contributed by atoms with E-state index < -0.39 is 0 Å². The van der Waals surface area contributed by atoms with Crippen molar-refractivity contribution in [3.63, 3.8) is 0 Å². The van der Waals surface area contributed by atoms with E-state index in [1.807, 2.05) is 4.68 Å². The van der Waals surface area contributed by atoms with Gasteiger partial charge in [0.05, 0.1) is 6.54 Å². The zero-order valence-electron chi connectivity index (χ0n) is 7.11. The molecule has 1 aliphatic rings. The number of hydrogen-bond acceptors (Lipinski definition) is 3. The van der Waals surface area contributed by atoms with Crippen LogP contribution in [0.2, 0.25) is 0 Å². The molecule has 1 aromatic rings. The Labute approximate surface area is 71.8 Å². The molecule has 4 nitrogen and oxygen atoms in total. The van der Waals surface area contributed by atoms with Crippen molar-refractivity contribution < 1.29 is 0 Å². The Kier molecular flexibility index (Phi) is 2.08. The van der Waals surface area contributed by atoms with Crippen LogP contribution in [0.5, 0.6) is 0 Å². The molecule has 1 saturated carbocycles. The first-order valence-electron chi connectivity index (χ1n) is 4.47. The van der Waals surface area contributed by atoms with Crippen LogP contribution in [0, 0.1) is 5.92 Å². The summed E-state index contributed by atoms with van der Waals surface area (Å²) in [5, 5.41) is 4.21. The third-order valence-corrected chi connectivity index (χ3v) is 2.23. The van der Waals surface area contributed by atoms with Gasteiger partial charge in [0.25, 0.3) is 0 Å². The highest BCUT2D eigenvalue weighted by atomic mass is 15.3. The zero-order chi connectivity index (χ0) is 8.39. The lowest BCUT2D eigenvalue weighted by atomic mass is 10.3. The summed E-state index contributed by atoms with van der Waals surface area (Å²) in [6.45, 7) is 1.44. The van der Waals surface area contributed by atoms with E-state index in [9.17, 15) is 0 Å². The number of aryl methyl sites for hydroxylation is 1. The molecule has 0 bridgehead atoms. The highest BCUT2D eigenvalue weighted by Crippen LogP contribution is 2.32. The second-order valence-corrected chi connectivity index (χ2v) is 3.36. The third kappa shape index (κ3) is 1.82. The van der Waals surface area contributed by atoms with Crippen LogP contribution in [-0.4, -0.2) is 14.8 Å². The summed E-state index contributed by atoms with van der Waals surface area (Å²) in [5.74, 6) is 1.70. The van der Waals surface area contributed by atoms with Crippen LogP contribution in [0.4, 0.5) is 0 Å². The Hall–Kier alpha value is -0.900. The maximum absolute atomic E-state index is 5.39. The van der Waals surface area contributed by atoms with Crippen molar-refractivity contribution in [1.29, 1.82) is 0 Å². The molecule has 1 fully saturated rings. The first-order valence-corrected chi connectivity index (χ1v) is 4.47.